The topological polar surface area (TPSA) is 68.7 Å². The third-order valence-corrected chi connectivity index (χ3v) is 2.54. The third kappa shape index (κ3) is 3.22. The smallest absolute Gasteiger partial charge is 0.335 e. The van der Waals surface area contributed by atoms with E-state index in [4.69, 9.17) is 14.6 Å². The number of methoxy groups -OCH3 is 1. The van der Waals surface area contributed by atoms with Crippen LogP contribution >= 0.6 is 0 Å². The molecule has 1 aromatic carbocycles. The SMILES string of the molecule is COc1ccc(C(=O)O)cc1COc1ccccn1. The van der Waals surface area contributed by atoms with E-state index < -0.39 is 5.97 Å². The van der Waals surface area contributed by atoms with Gasteiger partial charge in [0.05, 0.1) is 12.7 Å². The molecule has 0 fully saturated rings. The van der Waals surface area contributed by atoms with Gasteiger partial charge in [-0.25, -0.2) is 9.78 Å². The van der Waals surface area contributed by atoms with Gasteiger partial charge in [0, 0.05) is 17.8 Å². The summed E-state index contributed by atoms with van der Waals surface area (Å²) in [6.45, 7) is 0.196. The molecule has 19 heavy (non-hydrogen) atoms. The Morgan fingerprint density at radius 1 is 1.32 bits per heavy atom. The van der Waals surface area contributed by atoms with Gasteiger partial charge in [0.15, 0.2) is 0 Å². The monoisotopic (exact) mass is 259 g/mol. The fraction of sp³-hybridized carbons (Fsp3) is 0.143. The number of hydrogen-bond acceptors (Lipinski definition) is 4. The van der Waals surface area contributed by atoms with Gasteiger partial charge in [-0.2, -0.15) is 0 Å². The van der Waals surface area contributed by atoms with Crippen LogP contribution < -0.4 is 9.47 Å². The Morgan fingerprint density at radius 2 is 2.16 bits per heavy atom. The highest BCUT2D eigenvalue weighted by atomic mass is 16.5. The second-order valence-electron chi connectivity index (χ2n) is 3.79. The molecule has 0 aliphatic rings. The molecule has 0 unspecified atom stereocenters. The van der Waals surface area contributed by atoms with Gasteiger partial charge in [0.25, 0.3) is 0 Å². The standard InChI is InChI=1S/C14H13NO4/c1-18-12-6-5-10(14(16)17)8-11(12)9-19-13-4-2-3-7-15-13/h2-8H,9H2,1H3,(H,16,17). The summed E-state index contributed by atoms with van der Waals surface area (Å²) in [4.78, 5) is 15.0. The molecule has 0 atom stereocenters. The number of hydrogen-bond donors (Lipinski definition) is 1. The number of aromatic nitrogens is 1. The van der Waals surface area contributed by atoms with Gasteiger partial charge < -0.3 is 14.6 Å². The van der Waals surface area contributed by atoms with E-state index in [-0.39, 0.29) is 12.2 Å². The number of aromatic carboxylic acids is 1. The van der Waals surface area contributed by atoms with Crippen molar-refractivity contribution in [3.63, 3.8) is 0 Å². The Hall–Kier alpha value is -2.56. The largest absolute Gasteiger partial charge is 0.496 e. The quantitative estimate of drug-likeness (QED) is 0.892. The normalized spacial score (nSPS) is 9.95. The van der Waals surface area contributed by atoms with Crippen LogP contribution in [0.1, 0.15) is 15.9 Å². The molecule has 0 radical (unpaired) electrons. The second kappa shape index (κ2) is 5.86. The van der Waals surface area contributed by atoms with Crippen molar-refractivity contribution in [1.82, 2.24) is 4.98 Å². The van der Waals surface area contributed by atoms with E-state index in [1.165, 1.54) is 19.2 Å². The van der Waals surface area contributed by atoms with Gasteiger partial charge in [0.2, 0.25) is 5.88 Å². The minimum Gasteiger partial charge on any atom is -0.496 e. The van der Waals surface area contributed by atoms with Crippen LogP contribution in [0.3, 0.4) is 0 Å². The number of carbonyl (C=O) groups is 1. The van der Waals surface area contributed by atoms with Crippen LogP contribution in [0.5, 0.6) is 11.6 Å². The molecule has 98 valence electrons. The second-order valence-corrected chi connectivity index (χ2v) is 3.79. The molecule has 0 aliphatic carbocycles. The van der Waals surface area contributed by atoms with Crippen molar-refractivity contribution in [1.29, 1.82) is 0 Å². The van der Waals surface area contributed by atoms with Gasteiger partial charge in [-0.3, -0.25) is 0 Å². The van der Waals surface area contributed by atoms with Crippen LogP contribution in [0.4, 0.5) is 0 Å². The van der Waals surface area contributed by atoms with Crippen molar-refractivity contribution in [3.05, 3.63) is 53.7 Å². The van der Waals surface area contributed by atoms with Crippen LogP contribution in [0.25, 0.3) is 0 Å². The van der Waals surface area contributed by atoms with Gasteiger partial charge in [0.1, 0.15) is 12.4 Å². The molecule has 1 aromatic heterocycles. The maximum absolute atomic E-state index is 10.9. The van der Waals surface area contributed by atoms with E-state index in [1.54, 1.807) is 24.4 Å². The zero-order valence-corrected chi connectivity index (χ0v) is 10.4. The fourth-order valence-electron chi connectivity index (χ4n) is 1.61. The average Bonchev–Trinajstić information content (AvgIpc) is 2.45. The number of pyridine rings is 1. The molecule has 5 nitrogen and oxygen atoms in total. The molecule has 2 rings (SSSR count). The lowest BCUT2D eigenvalue weighted by Crippen LogP contribution is -2.03. The number of carboxylic acid groups (broad SMARTS) is 1. The number of nitrogens with zero attached hydrogens (tertiary/aromatic N) is 1. The minimum absolute atomic E-state index is 0.195. The van der Waals surface area contributed by atoms with Crippen LogP contribution in [0.2, 0.25) is 0 Å². The van der Waals surface area contributed by atoms with Crippen LogP contribution in [0, 0.1) is 0 Å². The summed E-state index contributed by atoms with van der Waals surface area (Å²) < 4.78 is 10.7. The molecule has 1 heterocycles. The first-order valence-corrected chi connectivity index (χ1v) is 5.64. The Labute approximate surface area is 110 Å². The number of rotatable bonds is 5. The Balaban J connectivity index is 2.18. The van der Waals surface area contributed by atoms with Crippen molar-refractivity contribution in [2.45, 2.75) is 6.61 Å². The lowest BCUT2D eigenvalue weighted by molar-refractivity contribution is 0.0696. The summed E-state index contributed by atoms with van der Waals surface area (Å²) in [5, 5.41) is 8.96. The molecule has 0 saturated heterocycles. The van der Waals surface area contributed by atoms with Crippen molar-refractivity contribution >= 4 is 5.97 Å². The lowest BCUT2D eigenvalue weighted by atomic mass is 10.1. The first-order valence-electron chi connectivity index (χ1n) is 5.64. The highest BCUT2D eigenvalue weighted by Crippen LogP contribution is 2.21. The summed E-state index contributed by atoms with van der Waals surface area (Å²) >= 11 is 0. The highest BCUT2D eigenvalue weighted by molar-refractivity contribution is 5.88. The van der Waals surface area contributed by atoms with Gasteiger partial charge in [-0.15, -0.1) is 0 Å². The summed E-state index contributed by atoms with van der Waals surface area (Å²) in [6, 6.07) is 9.97. The summed E-state index contributed by atoms with van der Waals surface area (Å²) in [6.07, 6.45) is 1.63. The van der Waals surface area contributed by atoms with Crippen LogP contribution in [0.15, 0.2) is 42.6 Å². The van der Waals surface area contributed by atoms with Crippen molar-refractivity contribution in [2.75, 3.05) is 7.11 Å². The molecule has 1 N–H and O–H groups in total. The zero-order chi connectivity index (χ0) is 13.7. The third-order valence-electron chi connectivity index (χ3n) is 2.54. The van der Waals surface area contributed by atoms with Crippen molar-refractivity contribution in [2.24, 2.45) is 0 Å². The first-order chi connectivity index (χ1) is 9.20. The maximum Gasteiger partial charge on any atom is 0.335 e. The zero-order valence-electron chi connectivity index (χ0n) is 10.4. The predicted octanol–water partition coefficient (Wildman–Crippen LogP) is 2.37. The lowest BCUT2D eigenvalue weighted by Gasteiger charge is -2.10. The van der Waals surface area contributed by atoms with Gasteiger partial charge in [-0.1, -0.05) is 6.07 Å². The average molecular weight is 259 g/mol. The maximum atomic E-state index is 10.9. The van der Waals surface area contributed by atoms with Crippen LogP contribution in [-0.2, 0) is 6.61 Å². The van der Waals surface area contributed by atoms with E-state index in [9.17, 15) is 4.79 Å². The summed E-state index contributed by atoms with van der Waals surface area (Å²) in [5.74, 6) is 0.0768. The number of benzene rings is 1. The minimum atomic E-state index is -0.985. The molecule has 5 heteroatoms. The van der Waals surface area contributed by atoms with E-state index in [1.807, 2.05) is 6.07 Å². The highest BCUT2D eigenvalue weighted by Gasteiger charge is 2.09. The molecule has 0 amide bonds. The van der Waals surface area contributed by atoms with Crippen molar-refractivity contribution in [3.8, 4) is 11.6 Å². The predicted molar refractivity (Wildman–Crippen MR) is 68.5 cm³/mol. The van der Waals surface area contributed by atoms with Crippen LogP contribution in [-0.4, -0.2) is 23.2 Å². The molecular weight excluding hydrogens is 246 g/mol. The molecule has 0 spiro atoms. The molecular formula is C14H13NO4. The molecule has 0 aliphatic heterocycles. The molecule has 0 bridgehead atoms. The summed E-state index contributed by atoms with van der Waals surface area (Å²) in [7, 11) is 1.53. The summed E-state index contributed by atoms with van der Waals surface area (Å²) in [5.41, 5.74) is 0.855. The molecule has 2 aromatic rings. The van der Waals surface area contributed by atoms with E-state index in [0.29, 0.717) is 17.2 Å². The van der Waals surface area contributed by atoms with E-state index in [2.05, 4.69) is 4.98 Å². The molecule has 0 saturated carbocycles. The Bertz CT molecular complexity index is 569. The van der Waals surface area contributed by atoms with Crippen molar-refractivity contribution < 1.29 is 19.4 Å². The first kappa shape index (κ1) is 12.9. The number of carboxylic acids is 1. The van der Waals surface area contributed by atoms with E-state index in [0.717, 1.165) is 0 Å². The van der Waals surface area contributed by atoms with Gasteiger partial charge in [-0.05, 0) is 24.3 Å². The van der Waals surface area contributed by atoms with E-state index >= 15 is 0 Å². The Kier molecular flexibility index (Phi) is 3.97. The Morgan fingerprint density at radius 3 is 2.79 bits per heavy atom. The van der Waals surface area contributed by atoms with Gasteiger partial charge >= 0.3 is 5.97 Å². The fourth-order valence-corrected chi connectivity index (χ4v) is 1.61. The number of ether oxygens (including phenoxy) is 2.